The minimum absolute atomic E-state index is 0.541. The van der Waals surface area contributed by atoms with Gasteiger partial charge in [0.25, 0.3) is 0 Å². The van der Waals surface area contributed by atoms with Crippen molar-refractivity contribution in [1.29, 1.82) is 0 Å². The number of nitrogens with one attached hydrogen (secondary N) is 1. The molecule has 0 aromatic heterocycles. The molecule has 1 aliphatic carbocycles. The van der Waals surface area contributed by atoms with Crippen LogP contribution in [0.4, 0.5) is 0 Å². The van der Waals surface area contributed by atoms with Gasteiger partial charge in [0, 0.05) is 17.5 Å². The summed E-state index contributed by atoms with van der Waals surface area (Å²) in [6.07, 6.45) is 11.3. The van der Waals surface area contributed by atoms with Crippen molar-refractivity contribution < 1.29 is 0 Å². The van der Waals surface area contributed by atoms with Crippen molar-refractivity contribution in [2.24, 2.45) is 5.41 Å². The molecule has 1 aliphatic heterocycles. The van der Waals surface area contributed by atoms with Gasteiger partial charge in [0.15, 0.2) is 0 Å². The zero-order valence-electron chi connectivity index (χ0n) is 12.3. The highest BCUT2D eigenvalue weighted by atomic mass is 35.5. The second-order valence-corrected chi connectivity index (χ2v) is 7.12. The fourth-order valence-electron chi connectivity index (χ4n) is 4.35. The lowest BCUT2D eigenvalue weighted by atomic mass is 9.62. The molecule has 3 rings (SSSR count). The molecule has 1 spiro atoms. The van der Waals surface area contributed by atoms with Crippen LogP contribution < -0.4 is 5.32 Å². The molecule has 1 atom stereocenters. The van der Waals surface area contributed by atoms with E-state index < -0.39 is 0 Å². The maximum Gasteiger partial charge on any atom is 0.0406 e. The Labute approximate surface area is 128 Å². The van der Waals surface area contributed by atoms with Crippen LogP contribution in [0.1, 0.15) is 62.8 Å². The molecule has 1 N–H and O–H groups in total. The Balaban J connectivity index is 1.86. The van der Waals surface area contributed by atoms with E-state index in [0.717, 1.165) is 11.6 Å². The van der Waals surface area contributed by atoms with Crippen molar-refractivity contribution in [2.75, 3.05) is 13.1 Å². The molecule has 1 unspecified atom stereocenters. The molecule has 0 radical (unpaired) electrons. The highest BCUT2D eigenvalue weighted by Crippen LogP contribution is 2.49. The number of halogens is 1. The summed E-state index contributed by atoms with van der Waals surface area (Å²) in [4.78, 5) is 0. The predicted molar refractivity (Wildman–Crippen MR) is 86.4 cm³/mol. The number of piperidine rings is 1. The molecule has 1 saturated heterocycles. The Morgan fingerprint density at radius 1 is 0.900 bits per heavy atom. The van der Waals surface area contributed by atoms with E-state index in [9.17, 15) is 0 Å². The van der Waals surface area contributed by atoms with Crippen molar-refractivity contribution in [3.8, 4) is 0 Å². The largest absolute Gasteiger partial charge is 0.316 e. The quantitative estimate of drug-likeness (QED) is 0.755. The molecule has 0 bridgehead atoms. The Morgan fingerprint density at radius 3 is 2.25 bits per heavy atom. The van der Waals surface area contributed by atoms with Gasteiger partial charge in [0.05, 0.1) is 0 Å². The highest BCUT2D eigenvalue weighted by Gasteiger charge is 2.40. The van der Waals surface area contributed by atoms with Crippen molar-refractivity contribution in [2.45, 2.75) is 57.3 Å². The average Bonchev–Trinajstić information content (AvgIpc) is 2.45. The van der Waals surface area contributed by atoms with Gasteiger partial charge in [-0.25, -0.2) is 0 Å². The number of hydrogen-bond donors (Lipinski definition) is 1. The minimum Gasteiger partial charge on any atom is -0.316 e. The van der Waals surface area contributed by atoms with E-state index in [0.29, 0.717) is 11.3 Å². The van der Waals surface area contributed by atoms with Gasteiger partial charge >= 0.3 is 0 Å². The first-order chi connectivity index (χ1) is 9.80. The van der Waals surface area contributed by atoms with E-state index in [4.69, 9.17) is 11.6 Å². The number of benzene rings is 1. The molecular weight excluding hydrogens is 266 g/mol. The summed E-state index contributed by atoms with van der Waals surface area (Å²) >= 11 is 6.06. The van der Waals surface area contributed by atoms with Gasteiger partial charge in [0.2, 0.25) is 0 Å². The van der Waals surface area contributed by atoms with E-state index >= 15 is 0 Å². The van der Waals surface area contributed by atoms with Crippen LogP contribution >= 0.6 is 11.6 Å². The van der Waals surface area contributed by atoms with Gasteiger partial charge in [-0.3, -0.25) is 0 Å². The van der Waals surface area contributed by atoms with Gasteiger partial charge < -0.3 is 5.32 Å². The summed E-state index contributed by atoms with van der Waals surface area (Å²) < 4.78 is 0. The molecular formula is C18H26ClN. The smallest absolute Gasteiger partial charge is 0.0406 e. The first-order valence-electron chi connectivity index (χ1n) is 8.26. The van der Waals surface area contributed by atoms with Crippen LogP contribution in [-0.4, -0.2) is 13.1 Å². The van der Waals surface area contributed by atoms with Crippen LogP contribution in [0.15, 0.2) is 24.3 Å². The van der Waals surface area contributed by atoms with Crippen LogP contribution in [0, 0.1) is 5.41 Å². The SMILES string of the molecule is Clc1ccc(C2CNCCC23CCCCCCC3)cc1. The molecule has 1 saturated carbocycles. The molecule has 1 aromatic rings. The standard InChI is InChI=1S/C18H26ClN/c19-16-8-6-15(7-9-16)17-14-20-13-12-18(17)10-4-2-1-3-5-11-18/h6-9,17,20H,1-5,10-14H2. The van der Waals surface area contributed by atoms with Crippen molar-refractivity contribution in [3.05, 3.63) is 34.9 Å². The predicted octanol–water partition coefficient (Wildman–Crippen LogP) is 5.15. The van der Waals surface area contributed by atoms with E-state index in [1.165, 1.54) is 63.5 Å². The Morgan fingerprint density at radius 2 is 1.55 bits per heavy atom. The minimum atomic E-state index is 0.541. The maximum atomic E-state index is 6.06. The van der Waals surface area contributed by atoms with Crippen LogP contribution in [-0.2, 0) is 0 Å². The first-order valence-corrected chi connectivity index (χ1v) is 8.64. The first kappa shape index (κ1) is 14.4. The van der Waals surface area contributed by atoms with Gasteiger partial charge in [-0.05, 0) is 48.9 Å². The Kier molecular flexibility index (Phi) is 4.68. The van der Waals surface area contributed by atoms with Gasteiger partial charge in [-0.2, -0.15) is 0 Å². The lowest BCUT2D eigenvalue weighted by Crippen LogP contribution is -2.44. The molecule has 110 valence electrons. The van der Waals surface area contributed by atoms with E-state index in [2.05, 4.69) is 29.6 Å². The number of hydrogen-bond acceptors (Lipinski definition) is 1. The van der Waals surface area contributed by atoms with E-state index in [1.54, 1.807) is 0 Å². The topological polar surface area (TPSA) is 12.0 Å². The lowest BCUT2D eigenvalue weighted by molar-refractivity contribution is 0.117. The van der Waals surface area contributed by atoms with Crippen molar-refractivity contribution >= 4 is 11.6 Å². The van der Waals surface area contributed by atoms with Crippen LogP contribution in [0.2, 0.25) is 5.02 Å². The second-order valence-electron chi connectivity index (χ2n) is 6.69. The molecule has 1 heterocycles. The molecule has 1 nitrogen and oxygen atoms in total. The Hall–Kier alpha value is -0.530. The van der Waals surface area contributed by atoms with E-state index in [1.807, 2.05) is 0 Å². The van der Waals surface area contributed by atoms with Gasteiger partial charge in [-0.15, -0.1) is 0 Å². The zero-order chi connectivity index (χ0) is 13.8. The summed E-state index contributed by atoms with van der Waals surface area (Å²) in [5, 5.41) is 4.47. The summed E-state index contributed by atoms with van der Waals surface area (Å²) in [5.74, 6) is 0.673. The molecule has 2 fully saturated rings. The van der Waals surface area contributed by atoms with Crippen LogP contribution in [0.25, 0.3) is 0 Å². The van der Waals surface area contributed by atoms with Crippen LogP contribution in [0.3, 0.4) is 0 Å². The normalized spacial score (nSPS) is 26.9. The maximum absolute atomic E-state index is 6.06. The van der Waals surface area contributed by atoms with Crippen molar-refractivity contribution in [3.63, 3.8) is 0 Å². The summed E-state index contributed by atoms with van der Waals surface area (Å²) in [6.45, 7) is 2.34. The third kappa shape index (κ3) is 3.04. The lowest BCUT2D eigenvalue weighted by Gasteiger charge is -2.46. The van der Waals surface area contributed by atoms with E-state index in [-0.39, 0.29) is 0 Å². The summed E-state index contributed by atoms with van der Waals surface area (Å²) in [5.41, 5.74) is 2.03. The summed E-state index contributed by atoms with van der Waals surface area (Å²) in [6, 6.07) is 8.62. The van der Waals surface area contributed by atoms with Gasteiger partial charge in [0.1, 0.15) is 0 Å². The molecule has 2 aliphatic rings. The zero-order valence-corrected chi connectivity index (χ0v) is 13.1. The van der Waals surface area contributed by atoms with Gasteiger partial charge in [-0.1, -0.05) is 55.8 Å². The highest BCUT2D eigenvalue weighted by molar-refractivity contribution is 6.30. The Bertz CT molecular complexity index is 418. The summed E-state index contributed by atoms with van der Waals surface area (Å²) in [7, 11) is 0. The molecule has 1 aromatic carbocycles. The molecule has 0 amide bonds. The second kappa shape index (κ2) is 6.49. The van der Waals surface area contributed by atoms with Crippen molar-refractivity contribution in [1.82, 2.24) is 5.32 Å². The third-order valence-corrected chi connectivity index (χ3v) is 5.76. The fourth-order valence-corrected chi connectivity index (χ4v) is 4.47. The van der Waals surface area contributed by atoms with Crippen LogP contribution in [0.5, 0.6) is 0 Å². The molecule has 20 heavy (non-hydrogen) atoms. The molecule has 2 heteroatoms. The fraction of sp³-hybridized carbons (Fsp3) is 0.667. The monoisotopic (exact) mass is 291 g/mol. The average molecular weight is 292 g/mol. The number of rotatable bonds is 1. The third-order valence-electron chi connectivity index (χ3n) is 5.51.